The minimum atomic E-state index is -0.589. The van der Waals surface area contributed by atoms with Gasteiger partial charge in [0.1, 0.15) is 38.6 Å². The highest BCUT2D eigenvalue weighted by Gasteiger charge is 2.38. The molecule has 0 bridgehead atoms. The third kappa shape index (κ3) is 12.1. The fraction of sp³-hybridized carbons (Fsp3) is 0.323. The number of rotatable bonds is 17. The molecule has 1 aromatic heterocycles. The van der Waals surface area contributed by atoms with Gasteiger partial charge in [-0.2, -0.15) is 0 Å². The van der Waals surface area contributed by atoms with Crippen molar-refractivity contribution in [3.63, 3.8) is 0 Å². The topological polar surface area (TPSA) is 155 Å². The summed E-state index contributed by atoms with van der Waals surface area (Å²) in [5.74, 6) is 2.22. The normalized spacial score (nSPS) is 15.4. The molecule has 0 spiro atoms. The Kier molecular flexibility index (Phi) is 15.1. The number of fused-ring (bicyclic) bond motifs is 3. The number of terminal acetylenes is 1. The highest BCUT2D eigenvalue weighted by molar-refractivity contribution is 6.05. The number of esters is 2. The van der Waals surface area contributed by atoms with Crippen LogP contribution in [0.2, 0.25) is 0 Å². The number of anilines is 3. The van der Waals surface area contributed by atoms with Gasteiger partial charge < -0.3 is 29.6 Å². The summed E-state index contributed by atoms with van der Waals surface area (Å²) in [6, 6.07) is 36.2. The van der Waals surface area contributed by atoms with E-state index in [4.69, 9.17) is 25.4 Å². The summed E-state index contributed by atoms with van der Waals surface area (Å²) in [5.41, 5.74) is 10.5. The SMILES string of the molecule is C#Cc1cccc(Nc2ncnc3cc(OCCOC(=O)c4ccc(C(=O)Nc5ccc6c(c5)C(C)(C)CCC6(C)C)cc4)c(OCCOC(=O)c4ccc(C(=O)Cc5ccc6c(c5)C(C)(C)CCC6(C)C)cc4)cc23)c1. The summed E-state index contributed by atoms with van der Waals surface area (Å²) in [5, 5.41) is 6.94. The molecule has 2 aliphatic rings. The zero-order valence-electron chi connectivity index (χ0n) is 45.2. The second kappa shape index (κ2) is 21.7. The summed E-state index contributed by atoms with van der Waals surface area (Å²) in [4.78, 5) is 62.1. The van der Waals surface area contributed by atoms with Crippen molar-refractivity contribution in [3.8, 4) is 23.8 Å². The molecule has 12 heteroatoms. The van der Waals surface area contributed by atoms with Gasteiger partial charge in [-0.25, -0.2) is 19.6 Å². The van der Waals surface area contributed by atoms with E-state index in [0.717, 1.165) is 36.9 Å². The number of ether oxygens (including phenoxy) is 4. The van der Waals surface area contributed by atoms with Crippen molar-refractivity contribution in [2.45, 2.75) is 109 Å². The lowest BCUT2D eigenvalue weighted by Gasteiger charge is -2.42. The first kappa shape index (κ1) is 53.5. The van der Waals surface area contributed by atoms with Gasteiger partial charge in [-0.1, -0.05) is 104 Å². The van der Waals surface area contributed by atoms with Crippen LogP contribution in [0.15, 0.2) is 128 Å². The van der Waals surface area contributed by atoms with E-state index in [1.807, 2.05) is 30.3 Å². The van der Waals surface area contributed by atoms with E-state index in [2.05, 4.69) is 112 Å². The molecule has 0 radical (unpaired) electrons. The third-order valence-corrected chi connectivity index (χ3v) is 15.4. The highest BCUT2D eigenvalue weighted by Crippen LogP contribution is 2.48. The molecule has 0 saturated heterocycles. The van der Waals surface area contributed by atoms with Crippen molar-refractivity contribution in [1.29, 1.82) is 0 Å². The zero-order valence-corrected chi connectivity index (χ0v) is 45.2. The third-order valence-electron chi connectivity index (χ3n) is 15.4. The van der Waals surface area contributed by atoms with E-state index in [9.17, 15) is 19.2 Å². The van der Waals surface area contributed by atoms with Gasteiger partial charge in [-0.05, 0) is 148 Å². The molecular formula is C65H66N4O8. The molecule has 0 atom stereocenters. The fourth-order valence-corrected chi connectivity index (χ4v) is 10.4. The van der Waals surface area contributed by atoms with E-state index < -0.39 is 11.9 Å². The number of benzene rings is 6. The molecule has 0 unspecified atom stereocenters. The standard InChI is InChI=1S/C65H66N4O8/c1-10-41-12-11-13-47(34-41)68-58-49-38-56(74-30-32-76-60(72)45-19-15-43(16-20-45)55(70)36-42-14-24-50-52(35-42)64(6,7)28-26-62(50,2)3)57(39-54(49)66-40-67-58)75-31-33-77-61(73)46-21-17-44(18-22-46)59(71)69-48-23-25-51-53(37-48)65(8,9)29-27-63(51,4)5/h1,11-25,34-35,37-40H,26-33,36H2,2-9H3,(H,69,71)(H,66,67,68). The zero-order chi connectivity index (χ0) is 54.7. The number of carbonyl (C=O) groups is 4. The van der Waals surface area contributed by atoms with Gasteiger partial charge in [0.15, 0.2) is 17.3 Å². The highest BCUT2D eigenvalue weighted by atomic mass is 16.6. The number of ketones is 1. The molecule has 6 aromatic carbocycles. The van der Waals surface area contributed by atoms with Crippen LogP contribution in [0.5, 0.6) is 11.5 Å². The number of nitrogens with one attached hydrogen (secondary N) is 2. The largest absolute Gasteiger partial charge is 0.486 e. The summed E-state index contributed by atoms with van der Waals surface area (Å²) in [6.45, 7) is 17.8. The van der Waals surface area contributed by atoms with Crippen LogP contribution >= 0.6 is 0 Å². The predicted octanol–water partition coefficient (Wildman–Crippen LogP) is 13.2. The number of nitrogens with zero attached hydrogens (tertiary/aromatic N) is 2. The van der Waals surface area contributed by atoms with Crippen LogP contribution < -0.4 is 20.1 Å². The Morgan fingerprint density at radius 1 is 0.545 bits per heavy atom. The van der Waals surface area contributed by atoms with Crippen molar-refractivity contribution in [2.75, 3.05) is 37.1 Å². The van der Waals surface area contributed by atoms with E-state index in [1.165, 1.54) is 28.6 Å². The summed E-state index contributed by atoms with van der Waals surface area (Å²) in [7, 11) is 0. The molecule has 0 saturated carbocycles. The van der Waals surface area contributed by atoms with Gasteiger partial charge in [0.2, 0.25) is 0 Å². The molecule has 0 aliphatic heterocycles. The molecule has 0 fully saturated rings. The summed E-state index contributed by atoms with van der Waals surface area (Å²) < 4.78 is 23.5. The van der Waals surface area contributed by atoms with Crippen molar-refractivity contribution in [3.05, 3.63) is 183 Å². The van der Waals surface area contributed by atoms with E-state index >= 15 is 0 Å². The number of carbonyl (C=O) groups excluding carboxylic acids is 4. The Bertz CT molecular complexity index is 3440. The average Bonchev–Trinajstić information content (AvgIpc) is 3.41. The van der Waals surface area contributed by atoms with Gasteiger partial charge in [0.05, 0.1) is 16.6 Å². The number of hydrogen-bond acceptors (Lipinski definition) is 11. The molecule has 1 amide bonds. The maximum Gasteiger partial charge on any atom is 0.338 e. The molecule has 7 aromatic rings. The van der Waals surface area contributed by atoms with Crippen LogP contribution in [0.3, 0.4) is 0 Å². The first-order valence-corrected chi connectivity index (χ1v) is 26.3. The van der Waals surface area contributed by atoms with Crippen molar-refractivity contribution in [2.24, 2.45) is 0 Å². The van der Waals surface area contributed by atoms with Crippen molar-refractivity contribution in [1.82, 2.24) is 9.97 Å². The van der Waals surface area contributed by atoms with Crippen LogP contribution in [0.1, 0.15) is 156 Å². The Morgan fingerprint density at radius 3 is 1.68 bits per heavy atom. The summed E-state index contributed by atoms with van der Waals surface area (Å²) in [6.07, 6.45) is 11.7. The molecule has 77 heavy (non-hydrogen) atoms. The number of aromatic nitrogens is 2. The van der Waals surface area contributed by atoms with E-state index in [1.54, 1.807) is 60.7 Å². The van der Waals surface area contributed by atoms with Crippen LogP contribution in [-0.4, -0.2) is 60.0 Å². The van der Waals surface area contributed by atoms with Crippen molar-refractivity contribution >= 4 is 51.7 Å². The van der Waals surface area contributed by atoms with Gasteiger partial charge in [-0.15, -0.1) is 6.42 Å². The smallest absolute Gasteiger partial charge is 0.338 e. The Balaban J connectivity index is 0.816. The number of hydrogen-bond donors (Lipinski definition) is 2. The first-order valence-electron chi connectivity index (χ1n) is 26.3. The number of amides is 1. The summed E-state index contributed by atoms with van der Waals surface area (Å²) >= 11 is 0. The molecule has 394 valence electrons. The predicted molar refractivity (Wildman–Crippen MR) is 301 cm³/mol. The lowest BCUT2D eigenvalue weighted by atomic mass is 9.63. The molecule has 9 rings (SSSR count). The van der Waals surface area contributed by atoms with Gasteiger partial charge in [0, 0.05) is 45.9 Å². The molecule has 12 nitrogen and oxygen atoms in total. The maximum absolute atomic E-state index is 13.4. The monoisotopic (exact) mass is 1030 g/mol. The Labute approximate surface area is 451 Å². The maximum atomic E-state index is 13.4. The van der Waals surface area contributed by atoms with Gasteiger partial charge >= 0.3 is 11.9 Å². The second-order valence-corrected chi connectivity index (χ2v) is 22.7. The van der Waals surface area contributed by atoms with E-state index in [-0.39, 0.29) is 71.8 Å². The fourth-order valence-electron chi connectivity index (χ4n) is 10.4. The molecule has 2 aliphatic carbocycles. The first-order chi connectivity index (χ1) is 36.7. The average molecular weight is 1030 g/mol. The van der Waals surface area contributed by atoms with Crippen molar-refractivity contribution < 1.29 is 38.1 Å². The van der Waals surface area contributed by atoms with Crippen LogP contribution in [0.4, 0.5) is 17.2 Å². The van der Waals surface area contributed by atoms with Gasteiger partial charge in [0.25, 0.3) is 5.91 Å². The lowest BCUT2D eigenvalue weighted by Crippen LogP contribution is -2.33. The number of Topliss-reactive ketones (excluding diaryl/α,β-unsaturated/α-hetero) is 1. The van der Waals surface area contributed by atoms with E-state index in [0.29, 0.717) is 56.2 Å². The molecular weight excluding hydrogens is 965 g/mol. The minimum absolute atomic E-state index is 0.00190. The van der Waals surface area contributed by atoms with Gasteiger partial charge in [-0.3, -0.25) is 9.59 Å². The van der Waals surface area contributed by atoms with Crippen LogP contribution in [-0.2, 0) is 37.6 Å². The second-order valence-electron chi connectivity index (χ2n) is 22.7. The quantitative estimate of drug-likeness (QED) is 0.0387. The minimum Gasteiger partial charge on any atom is -0.486 e. The Hall–Kier alpha value is -8.30. The molecule has 1 heterocycles. The Morgan fingerprint density at radius 2 is 1.08 bits per heavy atom. The lowest BCUT2D eigenvalue weighted by molar-refractivity contribution is 0.0426. The molecule has 2 N–H and O–H groups in total. The van der Waals surface area contributed by atoms with Crippen LogP contribution in [0.25, 0.3) is 10.9 Å². The van der Waals surface area contributed by atoms with Crippen LogP contribution in [0, 0.1) is 12.3 Å².